The quantitative estimate of drug-likeness (QED) is 0.575. The van der Waals surface area contributed by atoms with Gasteiger partial charge in [0, 0.05) is 5.92 Å². The lowest BCUT2D eigenvalue weighted by Crippen LogP contribution is -1.95. The van der Waals surface area contributed by atoms with Crippen molar-refractivity contribution in [3.05, 3.63) is 83.4 Å². The molecule has 94 valence electrons. The molecule has 0 bridgehead atoms. The Morgan fingerprint density at radius 2 is 1.32 bits per heavy atom. The molecule has 1 atom stereocenters. The van der Waals surface area contributed by atoms with Crippen molar-refractivity contribution < 1.29 is 0 Å². The molecule has 1 unspecified atom stereocenters. The Hall–Kier alpha value is -2.08. The third-order valence-electron chi connectivity index (χ3n) is 3.85. The van der Waals surface area contributed by atoms with E-state index in [1.165, 1.54) is 27.5 Å². The zero-order chi connectivity index (χ0) is 13.2. The molecule has 0 nitrogen and oxygen atoms in total. The van der Waals surface area contributed by atoms with Gasteiger partial charge in [-0.25, -0.2) is 0 Å². The highest BCUT2D eigenvalue weighted by molar-refractivity contribution is 5.83. The minimum Gasteiger partial charge on any atom is -0.0616 e. The van der Waals surface area contributed by atoms with Gasteiger partial charge in [0.2, 0.25) is 0 Å². The van der Waals surface area contributed by atoms with Crippen LogP contribution in [0.2, 0.25) is 0 Å². The molecule has 0 fully saturated rings. The number of hydrogen-bond donors (Lipinski definition) is 0. The largest absolute Gasteiger partial charge is 0.0616 e. The summed E-state index contributed by atoms with van der Waals surface area (Å²) in [6, 6.07) is 24.1. The molecule has 0 aliphatic rings. The van der Waals surface area contributed by atoms with Crippen molar-refractivity contribution in [3.8, 4) is 0 Å². The van der Waals surface area contributed by atoms with Gasteiger partial charge in [-0.15, -0.1) is 0 Å². The number of aryl methyl sites for hydroxylation is 1. The third-order valence-corrected chi connectivity index (χ3v) is 3.85. The Kier molecular flexibility index (Phi) is 3.08. The molecule has 19 heavy (non-hydrogen) atoms. The van der Waals surface area contributed by atoms with Crippen molar-refractivity contribution >= 4 is 10.8 Å². The molecule has 3 rings (SSSR count). The fourth-order valence-electron chi connectivity index (χ4n) is 2.52. The van der Waals surface area contributed by atoms with Crippen molar-refractivity contribution in [2.24, 2.45) is 0 Å². The topological polar surface area (TPSA) is 0 Å². The van der Waals surface area contributed by atoms with Crippen LogP contribution in [0.25, 0.3) is 10.8 Å². The minimum absolute atomic E-state index is 0.435. The number of fused-ring (bicyclic) bond motifs is 1. The molecule has 3 aromatic carbocycles. The maximum Gasteiger partial charge on any atom is 0.00612 e. The van der Waals surface area contributed by atoms with Crippen molar-refractivity contribution in [3.63, 3.8) is 0 Å². The number of hydrogen-bond acceptors (Lipinski definition) is 0. The summed E-state index contributed by atoms with van der Waals surface area (Å²) in [6.07, 6.45) is 0. The van der Waals surface area contributed by atoms with E-state index in [0.29, 0.717) is 5.92 Å². The standard InChI is InChI=1S/C19H18/c1-14-7-9-16(10-8-14)15(2)18-12-11-17-5-3-4-6-19(17)13-18/h3-13,15H,1-2H3. The van der Waals surface area contributed by atoms with Gasteiger partial charge >= 0.3 is 0 Å². The van der Waals surface area contributed by atoms with Crippen LogP contribution in [-0.4, -0.2) is 0 Å². The van der Waals surface area contributed by atoms with E-state index in [1.54, 1.807) is 0 Å². The Bertz CT molecular complexity index is 693. The number of benzene rings is 3. The molecule has 0 heteroatoms. The lowest BCUT2D eigenvalue weighted by molar-refractivity contribution is 0.924. The first-order valence-electron chi connectivity index (χ1n) is 6.79. The Morgan fingerprint density at radius 3 is 2.05 bits per heavy atom. The van der Waals surface area contributed by atoms with Crippen LogP contribution in [0.5, 0.6) is 0 Å². The predicted molar refractivity (Wildman–Crippen MR) is 82.6 cm³/mol. The maximum absolute atomic E-state index is 2.31. The smallest absolute Gasteiger partial charge is 0.00612 e. The Labute approximate surface area is 114 Å². The summed E-state index contributed by atoms with van der Waals surface area (Å²) in [4.78, 5) is 0. The second-order valence-electron chi connectivity index (χ2n) is 5.24. The molecule has 3 aromatic rings. The molecule has 0 radical (unpaired) electrons. The zero-order valence-electron chi connectivity index (χ0n) is 11.4. The van der Waals surface area contributed by atoms with Gasteiger partial charge in [-0.3, -0.25) is 0 Å². The van der Waals surface area contributed by atoms with Gasteiger partial charge in [0.15, 0.2) is 0 Å². The van der Waals surface area contributed by atoms with Gasteiger partial charge in [-0.2, -0.15) is 0 Å². The molecule has 0 aliphatic carbocycles. The van der Waals surface area contributed by atoms with Gasteiger partial charge in [0.05, 0.1) is 0 Å². The van der Waals surface area contributed by atoms with Crippen LogP contribution < -0.4 is 0 Å². The SMILES string of the molecule is Cc1ccc(C(C)c2ccc3ccccc3c2)cc1. The van der Waals surface area contributed by atoms with E-state index in [0.717, 1.165) is 0 Å². The summed E-state index contributed by atoms with van der Waals surface area (Å²) in [5.74, 6) is 0.435. The second-order valence-corrected chi connectivity index (χ2v) is 5.24. The van der Waals surface area contributed by atoms with Crippen molar-refractivity contribution in [1.82, 2.24) is 0 Å². The molecule has 0 heterocycles. The normalized spacial score (nSPS) is 12.5. The van der Waals surface area contributed by atoms with Crippen molar-refractivity contribution in [1.29, 1.82) is 0 Å². The Morgan fingerprint density at radius 1 is 0.684 bits per heavy atom. The zero-order valence-corrected chi connectivity index (χ0v) is 11.4. The first-order chi connectivity index (χ1) is 9.24. The lowest BCUT2D eigenvalue weighted by Gasteiger charge is -2.13. The summed E-state index contributed by atoms with van der Waals surface area (Å²) >= 11 is 0. The molecule has 0 saturated heterocycles. The van der Waals surface area contributed by atoms with E-state index in [1.807, 2.05) is 0 Å². The molecule has 0 aromatic heterocycles. The fraction of sp³-hybridized carbons (Fsp3) is 0.158. The van der Waals surface area contributed by atoms with Crippen molar-refractivity contribution in [2.75, 3.05) is 0 Å². The lowest BCUT2D eigenvalue weighted by atomic mass is 9.91. The van der Waals surface area contributed by atoms with E-state index in [9.17, 15) is 0 Å². The van der Waals surface area contributed by atoms with Gasteiger partial charge in [-0.05, 0) is 28.8 Å². The van der Waals surface area contributed by atoms with Crippen LogP contribution >= 0.6 is 0 Å². The average Bonchev–Trinajstić information content (AvgIpc) is 2.47. The highest BCUT2D eigenvalue weighted by Crippen LogP contribution is 2.27. The van der Waals surface area contributed by atoms with E-state index in [2.05, 4.69) is 80.6 Å². The minimum atomic E-state index is 0.435. The van der Waals surface area contributed by atoms with E-state index in [-0.39, 0.29) is 0 Å². The van der Waals surface area contributed by atoms with E-state index in [4.69, 9.17) is 0 Å². The van der Waals surface area contributed by atoms with Crippen LogP contribution in [0.1, 0.15) is 29.5 Å². The third kappa shape index (κ3) is 2.39. The van der Waals surface area contributed by atoms with E-state index < -0.39 is 0 Å². The summed E-state index contributed by atoms with van der Waals surface area (Å²) in [5, 5.41) is 2.63. The van der Waals surface area contributed by atoms with Crippen LogP contribution in [0.3, 0.4) is 0 Å². The van der Waals surface area contributed by atoms with Gasteiger partial charge in [-0.1, -0.05) is 79.2 Å². The maximum atomic E-state index is 2.31. The monoisotopic (exact) mass is 246 g/mol. The molecular formula is C19H18. The average molecular weight is 246 g/mol. The molecule has 0 N–H and O–H groups in total. The Balaban J connectivity index is 2.01. The molecule has 0 spiro atoms. The fourth-order valence-corrected chi connectivity index (χ4v) is 2.52. The second kappa shape index (κ2) is 4.89. The summed E-state index contributed by atoms with van der Waals surface area (Å²) in [7, 11) is 0. The van der Waals surface area contributed by atoms with Crippen LogP contribution in [0.4, 0.5) is 0 Å². The molecule has 0 amide bonds. The molecular weight excluding hydrogens is 228 g/mol. The summed E-state index contributed by atoms with van der Waals surface area (Å²) in [5.41, 5.74) is 4.07. The molecule has 0 saturated carbocycles. The first-order valence-corrected chi connectivity index (χ1v) is 6.79. The molecule has 0 aliphatic heterocycles. The van der Waals surface area contributed by atoms with Crippen LogP contribution in [-0.2, 0) is 0 Å². The summed E-state index contributed by atoms with van der Waals surface area (Å²) in [6.45, 7) is 4.40. The van der Waals surface area contributed by atoms with Gasteiger partial charge in [0.1, 0.15) is 0 Å². The van der Waals surface area contributed by atoms with Crippen LogP contribution in [0, 0.1) is 6.92 Å². The highest BCUT2D eigenvalue weighted by Gasteiger charge is 2.08. The number of rotatable bonds is 2. The van der Waals surface area contributed by atoms with Crippen molar-refractivity contribution in [2.45, 2.75) is 19.8 Å². The first kappa shape index (κ1) is 12.0. The highest BCUT2D eigenvalue weighted by atomic mass is 14.1. The van der Waals surface area contributed by atoms with Gasteiger partial charge < -0.3 is 0 Å². The summed E-state index contributed by atoms with van der Waals surface area (Å²) < 4.78 is 0. The van der Waals surface area contributed by atoms with Crippen LogP contribution in [0.15, 0.2) is 66.7 Å². The predicted octanol–water partition coefficient (Wildman–Crippen LogP) is 5.30. The van der Waals surface area contributed by atoms with Gasteiger partial charge in [0.25, 0.3) is 0 Å². The van der Waals surface area contributed by atoms with E-state index >= 15 is 0 Å².